The Balaban J connectivity index is 1.71. The van der Waals surface area contributed by atoms with Crippen LogP contribution < -0.4 is 10.1 Å². The molecule has 0 saturated carbocycles. The number of benzene rings is 1. The van der Waals surface area contributed by atoms with E-state index < -0.39 is 0 Å². The fourth-order valence-corrected chi connectivity index (χ4v) is 3.93. The summed E-state index contributed by atoms with van der Waals surface area (Å²) < 4.78 is 7.31. The van der Waals surface area contributed by atoms with Crippen molar-refractivity contribution in [1.82, 2.24) is 20.3 Å². The minimum Gasteiger partial charge on any atom is -0.496 e. The van der Waals surface area contributed by atoms with E-state index in [1.54, 1.807) is 42.4 Å². The number of fused-ring (bicyclic) bond motifs is 1. The van der Waals surface area contributed by atoms with Gasteiger partial charge in [-0.05, 0) is 44.2 Å². The van der Waals surface area contributed by atoms with E-state index >= 15 is 0 Å². The monoisotopic (exact) mass is 444 g/mol. The van der Waals surface area contributed by atoms with Gasteiger partial charge >= 0.3 is 5.91 Å². The van der Waals surface area contributed by atoms with Crippen LogP contribution in [0.3, 0.4) is 0 Å². The molecule has 8 nitrogen and oxygen atoms in total. The lowest BCUT2D eigenvalue weighted by molar-refractivity contribution is -0.415. The molecule has 0 bridgehead atoms. The van der Waals surface area contributed by atoms with Gasteiger partial charge < -0.3 is 15.0 Å². The molecule has 8 heteroatoms. The van der Waals surface area contributed by atoms with Crippen LogP contribution in [0.1, 0.15) is 56.2 Å². The number of nitrogens with zero attached hydrogens (tertiary/aromatic N) is 3. The first kappa shape index (κ1) is 22.1. The Labute approximate surface area is 192 Å². The topological polar surface area (TPSA) is 100.0 Å². The van der Waals surface area contributed by atoms with Gasteiger partial charge in [-0.1, -0.05) is 6.08 Å². The fourth-order valence-electron chi connectivity index (χ4n) is 3.93. The summed E-state index contributed by atoms with van der Waals surface area (Å²) in [6.07, 6.45) is 10.5. The largest absolute Gasteiger partial charge is 0.496 e. The highest BCUT2D eigenvalue weighted by molar-refractivity contribution is 5.97. The van der Waals surface area contributed by atoms with Crippen LogP contribution >= 0.6 is 0 Å². The SMILES string of the molecule is C/C=C/C[N+]1=CC(c2cc(C(=O)NCc3cnccn3)ccc2OC)c2cc(C)[nH]c2C1=O. The quantitative estimate of drug-likeness (QED) is 0.431. The zero-order chi connectivity index (χ0) is 23.4. The number of methoxy groups -OCH3 is 1. The minimum absolute atomic E-state index is 0.0794. The van der Waals surface area contributed by atoms with Gasteiger partial charge in [0, 0.05) is 34.8 Å². The lowest BCUT2D eigenvalue weighted by atomic mass is 9.88. The van der Waals surface area contributed by atoms with Gasteiger partial charge in [0.15, 0.2) is 18.5 Å². The average molecular weight is 445 g/mol. The maximum absolute atomic E-state index is 13.0. The molecule has 0 radical (unpaired) electrons. The lowest BCUT2D eigenvalue weighted by Gasteiger charge is -2.19. The zero-order valence-corrected chi connectivity index (χ0v) is 18.8. The maximum atomic E-state index is 13.0. The van der Waals surface area contributed by atoms with E-state index in [2.05, 4.69) is 20.3 Å². The summed E-state index contributed by atoms with van der Waals surface area (Å²) in [5.74, 6) is 0.0828. The molecule has 2 N–H and O–H groups in total. The Morgan fingerprint density at radius 1 is 1.27 bits per heavy atom. The smallest absolute Gasteiger partial charge is 0.436 e. The number of carbonyl (C=O) groups excluding carboxylic acids is 2. The van der Waals surface area contributed by atoms with Gasteiger partial charge in [-0.2, -0.15) is 4.58 Å². The summed E-state index contributed by atoms with van der Waals surface area (Å²) in [6, 6.07) is 7.30. The number of aromatic amines is 1. The van der Waals surface area contributed by atoms with Crippen molar-refractivity contribution in [2.45, 2.75) is 26.3 Å². The highest BCUT2D eigenvalue weighted by Crippen LogP contribution is 2.36. The van der Waals surface area contributed by atoms with Gasteiger partial charge in [0.2, 0.25) is 0 Å². The first-order valence-electron chi connectivity index (χ1n) is 10.7. The number of ether oxygens (including phenoxy) is 1. The Morgan fingerprint density at radius 3 is 2.85 bits per heavy atom. The third kappa shape index (κ3) is 4.59. The molecule has 1 unspecified atom stereocenters. The van der Waals surface area contributed by atoms with E-state index in [-0.39, 0.29) is 24.3 Å². The Hall–Kier alpha value is -4.07. The lowest BCUT2D eigenvalue weighted by Crippen LogP contribution is -2.31. The number of nitrogens with one attached hydrogen (secondary N) is 2. The second kappa shape index (κ2) is 9.60. The molecule has 2 amide bonds. The summed E-state index contributed by atoms with van der Waals surface area (Å²) in [6.45, 7) is 4.58. The molecule has 0 saturated heterocycles. The van der Waals surface area contributed by atoms with Crippen molar-refractivity contribution in [3.8, 4) is 5.75 Å². The third-order valence-electron chi connectivity index (χ3n) is 5.53. The number of aromatic nitrogens is 3. The molecule has 1 aromatic carbocycles. The van der Waals surface area contributed by atoms with Gasteiger partial charge in [-0.15, -0.1) is 0 Å². The molecule has 1 aliphatic heterocycles. The van der Waals surface area contributed by atoms with Crippen LogP contribution in [0, 0.1) is 6.92 Å². The second-order valence-corrected chi connectivity index (χ2v) is 7.77. The van der Waals surface area contributed by atoms with E-state index in [4.69, 9.17) is 4.74 Å². The highest BCUT2D eigenvalue weighted by atomic mass is 16.5. The molecule has 33 heavy (non-hydrogen) atoms. The number of allylic oxidation sites excluding steroid dienone is 1. The molecule has 4 rings (SSSR count). The van der Waals surface area contributed by atoms with Crippen molar-refractivity contribution < 1.29 is 18.9 Å². The molecular weight excluding hydrogens is 418 g/mol. The predicted molar refractivity (Wildman–Crippen MR) is 124 cm³/mol. The molecule has 168 valence electrons. The fraction of sp³-hybridized carbons (Fsp3) is 0.240. The minimum atomic E-state index is -0.254. The molecule has 3 aromatic rings. The third-order valence-corrected chi connectivity index (χ3v) is 5.53. The number of amides is 2. The Morgan fingerprint density at radius 2 is 2.12 bits per heavy atom. The zero-order valence-electron chi connectivity index (χ0n) is 18.8. The molecule has 0 aliphatic carbocycles. The van der Waals surface area contributed by atoms with Crippen LogP contribution in [0.5, 0.6) is 5.75 Å². The average Bonchev–Trinajstić information content (AvgIpc) is 3.24. The van der Waals surface area contributed by atoms with E-state index in [1.807, 2.05) is 44.3 Å². The van der Waals surface area contributed by atoms with Crippen LogP contribution in [0.2, 0.25) is 0 Å². The normalized spacial score (nSPS) is 15.3. The number of aryl methyl sites for hydroxylation is 1. The predicted octanol–water partition coefficient (Wildman–Crippen LogP) is 3.00. The van der Waals surface area contributed by atoms with Crippen LogP contribution in [0.15, 0.2) is 55.0 Å². The molecule has 3 heterocycles. The van der Waals surface area contributed by atoms with Crippen molar-refractivity contribution in [2.24, 2.45) is 0 Å². The van der Waals surface area contributed by atoms with Crippen molar-refractivity contribution in [3.63, 3.8) is 0 Å². The highest BCUT2D eigenvalue weighted by Gasteiger charge is 2.37. The summed E-state index contributed by atoms with van der Waals surface area (Å²) in [7, 11) is 1.60. The van der Waals surface area contributed by atoms with Gasteiger partial charge in [0.1, 0.15) is 5.75 Å². The molecule has 2 aromatic heterocycles. The van der Waals surface area contributed by atoms with E-state index in [1.165, 1.54) is 0 Å². The molecule has 1 atom stereocenters. The number of hydrogen-bond acceptors (Lipinski definition) is 5. The van der Waals surface area contributed by atoms with Crippen molar-refractivity contribution >= 4 is 18.0 Å². The van der Waals surface area contributed by atoms with Crippen molar-refractivity contribution in [3.05, 3.63) is 88.8 Å². The van der Waals surface area contributed by atoms with E-state index in [9.17, 15) is 9.59 Å². The standard InChI is InChI=1S/C25H25N5O3/c1-4-5-10-30-15-21(20-11-16(2)29-23(20)25(30)32)19-12-17(6-7-22(19)33-3)24(31)28-14-18-13-26-8-9-27-18/h4-9,11-13,15,21H,10,14H2,1-3H3,(H-,28,29,31,32)/p+1/b5-4+. The number of hydrogen-bond donors (Lipinski definition) is 2. The summed E-state index contributed by atoms with van der Waals surface area (Å²) in [5.41, 5.74) is 4.30. The maximum Gasteiger partial charge on any atom is 0.436 e. The van der Waals surface area contributed by atoms with Gasteiger partial charge in [-0.25, -0.2) is 4.79 Å². The number of rotatable bonds is 7. The van der Waals surface area contributed by atoms with Crippen molar-refractivity contribution in [2.75, 3.05) is 13.7 Å². The Bertz CT molecular complexity index is 1240. The first-order chi connectivity index (χ1) is 16.0. The van der Waals surface area contributed by atoms with Gasteiger partial charge in [0.05, 0.1) is 31.5 Å². The van der Waals surface area contributed by atoms with E-state index in [0.717, 1.165) is 16.8 Å². The van der Waals surface area contributed by atoms with Crippen LogP contribution in [-0.2, 0) is 6.54 Å². The summed E-state index contributed by atoms with van der Waals surface area (Å²) in [4.78, 5) is 37.3. The first-order valence-corrected chi connectivity index (χ1v) is 10.7. The molecule has 1 aliphatic rings. The number of H-pyrrole nitrogens is 1. The van der Waals surface area contributed by atoms with Crippen LogP contribution in [-0.4, -0.2) is 51.2 Å². The van der Waals surface area contributed by atoms with Crippen LogP contribution in [0.25, 0.3) is 0 Å². The van der Waals surface area contributed by atoms with Gasteiger partial charge in [0.25, 0.3) is 5.91 Å². The molecular formula is C25H26N5O3+. The van der Waals surface area contributed by atoms with Gasteiger partial charge in [-0.3, -0.25) is 14.8 Å². The molecule has 0 spiro atoms. The summed E-state index contributed by atoms with van der Waals surface area (Å²) >= 11 is 0. The van der Waals surface area contributed by atoms with E-state index in [0.29, 0.717) is 29.2 Å². The number of carbonyl (C=O) groups is 2. The van der Waals surface area contributed by atoms with Crippen LogP contribution in [0.4, 0.5) is 0 Å². The second-order valence-electron chi connectivity index (χ2n) is 7.77. The summed E-state index contributed by atoms with van der Waals surface area (Å²) in [5, 5.41) is 2.88. The molecule has 0 fully saturated rings. The Kier molecular flexibility index (Phi) is 6.44. The van der Waals surface area contributed by atoms with Crippen molar-refractivity contribution in [1.29, 1.82) is 0 Å².